The molecule has 1 heteroatoms. The second-order valence-electron chi connectivity index (χ2n) is 5.92. The molecule has 0 aliphatic carbocycles. The molecule has 0 spiro atoms. The number of carbonyl (C=O) groups is 1. The van der Waals surface area contributed by atoms with Crippen molar-refractivity contribution in [3.8, 4) is 11.1 Å². The predicted molar refractivity (Wildman–Crippen MR) is 96.0 cm³/mol. The number of hydrogen-bond acceptors (Lipinski definition) is 1. The second-order valence-corrected chi connectivity index (χ2v) is 5.92. The van der Waals surface area contributed by atoms with Gasteiger partial charge in [0.05, 0.1) is 0 Å². The van der Waals surface area contributed by atoms with Crippen LogP contribution in [-0.4, -0.2) is 5.78 Å². The standard InChI is InChI=1S/C22H20O/c1-15-13-14-19(17(3)16(15)2)22(23)21-12-8-7-11-20(21)18-9-5-4-6-10-18/h4-14H,1-3H3. The van der Waals surface area contributed by atoms with Gasteiger partial charge in [-0.05, 0) is 48.6 Å². The van der Waals surface area contributed by atoms with Crippen LogP contribution in [0, 0.1) is 20.8 Å². The molecule has 0 saturated heterocycles. The molecule has 0 amide bonds. The predicted octanol–water partition coefficient (Wildman–Crippen LogP) is 5.51. The van der Waals surface area contributed by atoms with Crippen molar-refractivity contribution >= 4 is 5.78 Å². The number of aryl methyl sites for hydroxylation is 1. The maximum absolute atomic E-state index is 13.1. The first kappa shape index (κ1) is 15.2. The molecule has 0 bridgehead atoms. The lowest BCUT2D eigenvalue weighted by atomic mass is 9.90. The molecule has 0 radical (unpaired) electrons. The molecule has 0 N–H and O–H groups in total. The van der Waals surface area contributed by atoms with Crippen LogP contribution in [0.5, 0.6) is 0 Å². The molecule has 0 aromatic heterocycles. The average molecular weight is 300 g/mol. The van der Waals surface area contributed by atoms with E-state index < -0.39 is 0 Å². The van der Waals surface area contributed by atoms with Gasteiger partial charge in [0, 0.05) is 11.1 Å². The Bertz CT molecular complexity index is 860. The van der Waals surface area contributed by atoms with E-state index in [4.69, 9.17) is 0 Å². The lowest BCUT2D eigenvalue weighted by molar-refractivity contribution is 0.103. The number of carbonyl (C=O) groups excluding carboxylic acids is 1. The van der Waals surface area contributed by atoms with Crippen LogP contribution in [-0.2, 0) is 0 Å². The van der Waals surface area contributed by atoms with Crippen LogP contribution in [0.3, 0.4) is 0 Å². The molecule has 0 fully saturated rings. The molecule has 3 rings (SSSR count). The molecule has 0 aliphatic heterocycles. The van der Waals surface area contributed by atoms with E-state index in [1.165, 1.54) is 11.1 Å². The fraction of sp³-hybridized carbons (Fsp3) is 0.136. The Balaban J connectivity index is 2.14. The SMILES string of the molecule is Cc1ccc(C(=O)c2ccccc2-c2ccccc2)c(C)c1C. The topological polar surface area (TPSA) is 17.1 Å². The summed E-state index contributed by atoms with van der Waals surface area (Å²) in [5.41, 5.74) is 7.07. The lowest BCUT2D eigenvalue weighted by Gasteiger charge is -2.13. The van der Waals surface area contributed by atoms with Gasteiger partial charge in [-0.2, -0.15) is 0 Å². The third-order valence-corrected chi connectivity index (χ3v) is 4.56. The van der Waals surface area contributed by atoms with Crippen LogP contribution in [0.4, 0.5) is 0 Å². The Morgan fingerprint density at radius 3 is 2.04 bits per heavy atom. The summed E-state index contributed by atoms with van der Waals surface area (Å²) < 4.78 is 0. The van der Waals surface area contributed by atoms with Gasteiger partial charge in [0.15, 0.2) is 5.78 Å². The summed E-state index contributed by atoms with van der Waals surface area (Å²) in [6, 6.07) is 21.9. The van der Waals surface area contributed by atoms with Crippen molar-refractivity contribution in [3.05, 3.63) is 94.5 Å². The molecule has 3 aromatic carbocycles. The number of benzene rings is 3. The van der Waals surface area contributed by atoms with Crippen molar-refractivity contribution in [1.29, 1.82) is 0 Å². The summed E-state index contributed by atoms with van der Waals surface area (Å²) in [6.07, 6.45) is 0. The summed E-state index contributed by atoms with van der Waals surface area (Å²) in [4.78, 5) is 13.1. The molecule has 3 aromatic rings. The van der Waals surface area contributed by atoms with Crippen LogP contribution in [0.15, 0.2) is 66.7 Å². The summed E-state index contributed by atoms with van der Waals surface area (Å²) >= 11 is 0. The van der Waals surface area contributed by atoms with Crippen molar-refractivity contribution in [2.24, 2.45) is 0 Å². The second kappa shape index (κ2) is 6.21. The van der Waals surface area contributed by atoms with E-state index in [1.807, 2.05) is 73.7 Å². The van der Waals surface area contributed by atoms with Crippen molar-refractivity contribution in [2.75, 3.05) is 0 Å². The normalized spacial score (nSPS) is 10.6. The molecular weight excluding hydrogens is 280 g/mol. The van der Waals surface area contributed by atoms with Gasteiger partial charge >= 0.3 is 0 Å². The van der Waals surface area contributed by atoms with Crippen molar-refractivity contribution in [2.45, 2.75) is 20.8 Å². The molecule has 0 aliphatic rings. The fourth-order valence-corrected chi connectivity index (χ4v) is 2.90. The molecule has 0 unspecified atom stereocenters. The summed E-state index contributed by atoms with van der Waals surface area (Å²) in [5, 5.41) is 0. The first-order valence-corrected chi connectivity index (χ1v) is 7.85. The van der Waals surface area contributed by atoms with Gasteiger partial charge in [-0.25, -0.2) is 0 Å². The van der Waals surface area contributed by atoms with Crippen molar-refractivity contribution in [3.63, 3.8) is 0 Å². The third kappa shape index (κ3) is 2.83. The number of hydrogen-bond donors (Lipinski definition) is 0. The van der Waals surface area contributed by atoms with Gasteiger partial charge in [-0.15, -0.1) is 0 Å². The molecule has 0 heterocycles. The van der Waals surface area contributed by atoms with Crippen LogP contribution in [0.2, 0.25) is 0 Å². The quantitative estimate of drug-likeness (QED) is 0.583. The average Bonchev–Trinajstić information content (AvgIpc) is 2.60. The first-order chi connectivity index (χ1) is 11.1. The fourth-order valence-electron chi connectivity index (χ4n) is 2.90. The van der Waals surface area contributed by atoms with E-state index in [0.717, 1.165) is 27.8 Å². The van der Waals surface area contributed by atoms with Gasteiger partial charge < -0.3 is 0 Å². The molecular formula is C22H20O. The minimum absolute atomic E-state index is 0.0880. The highest BCUT2D eigenvalue weighted by Gasteiger charge is 2.17. The Morgan fingerprint density at radius 2 is 1.30 bits per heavy atom. The lowest BCUT2D eigenvalue weighted by Crippen LogP contribution is -2.07. The van der Waals surface area contributed by atoms with Gasteiger partial charge in [0.2, 0.25) is 0 Å². The Labute approximate surface area is 137 Å². The largest absolute Gasteiger partial charge is 0.289 e. The van der Waals surface area contributed by atoms with Gasteiger partial charge in [0.25, 0.3) is 0 Å². The van der Waals surface area contributed by atoms with Gasteiger partial charge in [0.1, 0.15) is 0 Å². The first-order valence-electron chi connectivity index (χ1n) is 7.85. The van der Waals surface area contributed by atoms with Crippen molar-refractivity contribution in [1.82, 2.24) is 0 Å². The molecule has 1 nitrogen and oxygen atoms in total. The van der Waals surface area contributed by atoms with Crippen LogP contribution in [0.1, 0.15) is 32.6 Å². The van der Waals surface area contributed by atoms with Crippen LogP contribution in [0.25, 0.3) is 11.1 Å². The third-order valence-electron chi connectivity index (χ3n) is 4.56. The van der Waals surface area contributed by atoms with Gasteiger partial charge in [-0.1, -0.05) is 66.7 Å². The van der Waals surface area contributed by atoms with E-state index in [1.54, 1.807) is 0 Å². The monoisotopic (exact) mass is 300 g/mol. The van der Waals surface area contributed by atoms with E-state index in [2.05, 4.69) is 13.8 Å². The highest BCUT2D eigenvalue weighted by molar-refractivity contribution is 6.13. The maximum atomic E-state index is 13.1. The zero-order valence-corrected chi connectivity index (χ0v) is 13.8. The van der Waals surface area contributed by atoms with Gasteiger partial charge in [-0.3, -0.25) is 4.79 Å². The summed E-state index contributed by atoms with van der Waals surface area (Å²) in [6.45, 7) is 6.18. The smallest absolute Gasteiger partial charge is 0.193 e. The molecule has 23 heavy (non-hydrogen) atoms. The molecule has 0 saturated carbocycles. The van der Waals surface area contributed by atoms with E-state index in [0.29, 0.717) is 0 Å². The number of rotatable bonds is 3. The van der Waals surface area contributed by atoms with Crippen LogP contribution >= 0.6 is 0 Å². The summed E-state index contributed by atoms with van der Waals surface area (Å²) in [7, 11) is 0. The minimum atomic E-state index is 0.0880. The maximum Gasteiger partial charge on any atom is 0.193 e. The van der Waals surface area contributed by atoms with E-state index in [-0.39, 0.29) is 5.78 Å². The Kier molecular flexibility index (Phi) is 4.12. The van der Waals surface area contributed by atoms with E-state index in [9.17, 15) is 4.79 Å². The Morgan fingerprint density at radius 1 is 0.652 bits per heavy atom. The minimum Gasteiger partial charge on any atom is -0.289 e. The molecule has 0 atom stereocenters. The summed E-state index contributed by atoms with van der Waals surface area (Å²) in [5.74, 6) is 0.0880. The number of ketones is 1. The Hall–Kier alpha value is -2.67. The molecule has 114 valence electrons. The van der Waals surface area contributed by atoms with Crippen LogP contribution < -0.4 is 0 Å². The highest BCUT2D eigenvalue weighted by atomic mass is 16.1. The zero-order valence-electron chi connectivity index (χ0n) is 13.8. The van der Waals surface area contributed by atoms with Crippen molar-refractivity contribution < 1.29 is 4.79 Å². The van der Waals surface area contributed by atoms with E-state index >= 15 is 0 Å². The zero-order chi connectivity index (χ0) is 16.4. The highest BCUT2D eigenvalue weighted by Crippen LogP contribution is 2.27.